The van der Waals surface area contributed by atoms with Gasteiger partial charge >= 0.3 is 0 Å². The second kappa shape index (κ2) is 5.75. The van der Waals surface area contributed by atoms with Crippen molar-refractivity contribution in [2.75, 3.05) is 0 Å². The zero-order chi connectivity index (χ0) is 12.3. The molecule has 0 amide bonds. The van der Waals surface area contributed by atoms with Crippen LogP contribution in [0.2, 0.25) is 0 Å². The van der Waals surface area contributed by atoms with Gasteiger partial charge in [-0.05, 0) is 29.7 Å². The lowest BCUT2D eigenvalue weighted by atomic mass is 9.96. The molecule has 2 N–H and O–H groups in total. The average Bonchev–Trinajstić information content (AvgIpc) is 2.14. The molecule has 90 valence electrons. The van der Waals surface area contributed by atoms with Gasteiger partial charge < -0.3 is 10.2 Å². The third kappa shape index (κ3) is 3.85. The van der Waals surface area contributed by atoms with E-state index in [-0.39, 0.29) is 18.2 Å². The maximum absolute atomic E-state index is 13.1. The highest BCUT2D eigenvalue weighted by Gasteiger charge is 2.20. The zero-order valence-corrected chi connectivity index (χ0v) is 10.9. The summed E-state index contributed by atoms with van der Waals surface area (Å²) < 4.78 is 13.7. The first-order valence-electron chi connectivity index (χ1n) is 5.21. The first-order chi connectivity index (χ1) is 7.40. The van der Waals surface area contributed by atoms with Gasteiger partial charge in [-0.2, -0.15) is 0 Å². The van der Waals surface area contributed by atoms with Crippen LogP contribution in [0.3, 0.4) is 0 Å². The summed E-state index contributed by atoms with van der Waals surface area (Å²) in [6.07, 6.45) is -1.41. The second-order valence-electron chi connectivity index (χ2n) is 4.28. The first kappa shape index (κ1) is 13.6. The molecule has 1 rings (SSSR count). The molecule has 0 aliphatic heterocycles. The second-order valence-corrected chi connectivity index (χ2v) is 5.20. The van der Waals surface area contributed by atoms with Crippen molar-refractivity contribution in [3.05, 3.63) is 34.1 Å². The van der Waals surface area contributed by atoms with E-state index in [9.17, 15) is 14.6 Å². The fraction of sp³-hybridized carbons (Fsp3) is 0.500. The summed E-state index contributed by atoms with van der Waals surface area (Å²) in [7, 11) is 0. The molecular weight excluding hydrogens is 275 g/mol. The Morgan fingerprint density at radius 2 is 1.88 bits per heavy atom. The van der Waals surface area contributed by atoms with Crippen molar-refractivity contribution in [2.24, 2.45) is 5.92 Å². The van der Waals surface area contributed by atoms with Crippen LogP contribution in [0, 0.1) is 11.7 Å². The van der Waals surface area contributed by atoms with Crippen molar-refractivity contribution in [1.82, 2.24) is 0 Å². The smallest absolute Gasteiger partial charge is 0.124 e. The largest absolute Gasteiger partial charge is 0.390 e. The lowest BCUT2D eigenvalue weighted by Crippen LogP contribution is -2.32. The highest BCUT2D eigenvalue weighted by molar-refractivity contribution is 9.10. The molecule has 2 atom stereocenters. The Morgan fingerprint density at radius 1 is 1.25 bits per heavy atom. The number of rotatable bonds is 4. The number of benzene rings is 1. The Morgan fingerprint density at radius 3 is 2.38 bits per heavy atom. The van der Waals surface area contributed by atoms with E-state index in [1.807, 2.05) is 13.8 Å². The SMILES string of the molecule is CC(C)C(O)C(O)Cc1cc(F)cc(Br)c1. The summed E-state index contributed by atoms with van der Waals surface area (Å²) in [5.74, 6) is -0.373. The minimum atomic E-state index is -0.867. The van der Waals surface area contributed by atoms with E-state index in [4.69, 9.17) is 0 Å². The molecule has 1 aromatic carbocycles. The van der Waals surface area contributed by atoms with Gasteiger partial charge in [-0.25, -0.2) is 4.39 Å². The third-order valence-electron chi connectivity index (χ3n) is 2.44. The predicted molar refractivity (Wildman–Crippen MR) is 64.7 cm³/mol. The Kier molecular flexibility index (Phi) is 4.89. The molecule has 0 saturated carbocycles. The number of hydrogen-bond donors (Lipinski definition) is 2. The molecule has 2 unspecified atom stereocenters. The minimum absolute atomic E-state index is 0.0213. The summed E-state index contributed by atoms with van der Waals surface area (Å²) in [4.78, 5) is 0. The van der Waals surface area contributed by atoms with Crippen LogP contribution in [0.15, 0.2) is 22.7 Å². The highest BCUT2D eigenvalue weighted by atomic mass is 79.9. The summed E-state index contributed by atoms with van der Waals surface area (Å²) >= 11 is 3.18. The minimum Gasteiger partial charge on any atom is -0.390 e. The van der Waals surface area contributed by atoms with Crippen molar-refractivity contribution in [3.63, 3.8) is 0 Å². The van der Waals surface area contributed by atoms with Crippen LogP contribution in [0.1, 0.15) is 19.4 Å². The molecule has 0 heterocycles. The summed E-state index contributed by atoms with van der Waals surface area (Å²) in [5, 5.41) is 19.4. The van der Waals surface area contributed by atoms with Crippen LogP contribution in [0.25, 0.3) is 0 Å². The van der Waals surface area contributed by atoms with E-state index in [1.165, 1.54) is 12.1 Å². The van der Waals surface area contributed by atoms with Gasteiger partial charge in [0.15, 0.2) is 0 Å². The van der Waals surface area contributed by atoms with Crippen molar-refractivity contribution in [3.8, 4) is 0 Å². The van der Waals surface area contributed by atoms with Crippen molar-refractivity contribution >= 4 is 15.9 Å². The van der Waals surface area contributed by atoms with Crippen LogP contribution in [0.5, 0.6) is 0 Å². The molecule has 0 spiro atoms. The lowest BCUT2D eigenvalue weighted by molar-refractivity contribution is -0.00734. The fourth-order valence-electron chi connectivity index (χ4n) is 1.54. The fourth-order valence-corrected chi connectivity index (χ4v) is 2.05. The molecule has 0 radical (unpaired) electrons. The van der Waals surface area contributed by atoms with Crippen LogP contribution in [-0.4, -0.2) is 22.4 Å². The molecule has 0 aromatic heterocycles. The monoisotopic (exact) mass is 290 g/mol. The van der Waals surface area contributed by atoms with Gasteiger partial charge in [0.1, 0.15) is 5.82 Å². The summed E-state index contributed by atoms with van der Waals surface area (Å²) in [6, 6.07) is 4.45. The molecular formula is C12H16BrFO2. The first-order valence-corrected chi connectivity index (χ1v) is 6.00. The van der Waals surface area contributed by atoms with Gasteiger partial charge in [-0.1, -0.05) is 29.8 Å². The molecule has 4 heteroatoms. The van der Waals surface area contributed by atoms with E-state index in [1.54, 1.807) is 6.07 Å². The average molecular weight is 291 g/mol. The van der Waals surface area contributed by atoms with Crippen LogP contribution in [0.4, 0.5) is 4.39 Å². The van der Waals surface area contributed by atoms with Gasteiger partial charge in [0.05, 0.1) is 12.2 Å². The van der Waals surface area contributed by atoms with E-state index >= 15 is 0 Å². The molecule has 0 aliphatic rings. The molecule has 0 saturated heterocycles. The predicted octanol–water partition coefficient (Wildman–Crippen LogP) is 2.51. The quantitative estimate of drug-likeness (QED) is 0.895. The Labute approximate surface area is 103 Å². The van der Waals surface area contributed by atoms with Crippen LogP contribution >= 0.6 is 15.9 Å². The molecule has 0 aliphatic carbocycles. The van der Waals surface area contributed by atoms with E-state index in [0.717, 1.165) is 0 Å². The Hall–Kier alpha value is -0.450. The number of aliphatic hydroxyl groups is 2. The van der Waals surface area contributed by atoms with Gasteiger partial charge in [0.25, 0.3) is 0 Å². The van der Waals surface area contributed by atoms with Crippen molar-refractivity contribution in [2.45, 2.75) is 32.5 Å². The Bertz CT molecular complexity index is 335. The zero-order valence-electron chi connectivity index (χ0n) is 9.32. The van der Waals surface area contributed by atoms with Gasteiger partial charge in [-0.3, -0.25) is 0 Å². The lowest BCUT2D eigenvalue weighted by Gasteiger charge is -2.21. The standard InChI is InChI=1S/C12H16BrFO2/c1-7(2)12(16)11(15)5-8-3-9(13)6-10(14)4-8/h3-4,6-7,11-12,15-16H,5H2,1-2H3. The molecule has 0 fully saturated rings. The van der Waals surface area contributed by atoms with Crippen LogP contribution < -0.4 is 0 Å². The maximum atomic E-state index is 13.1. The Balaban J connectivity index is 2.72. The van der Waals surface area contributed by atoms with Crippen molar-refractivity contribution in [1.29, 1.82) is 0 Å². The van der Waals surface area contributed by atoms with E-state index in [0.29, 0.717) is 10.0 Å². The number of hydrogen-bond acceptors (Lipinski definition) is 2. The summed E-state index contributed by atoms with van der Waals surface area (Å²) in [6.45, 7) is 3.66. The van der Waals surface area contributed by atoms with Gasteiger partial charge in [-0.15, -0.1) is 0 Å². The van der Waals surface area contributed by atoms with E-state index in [2.05, 4.69) is 15.9 Å². The maximum Gasteiger partial charge on any atom is 0.124 e. The molecule has 1 aromatic rings. The third-order valence-corrected chi connectivity index (χ3v) is 2.90. The molecule has 2 nitrogen and oxygen atoms in total. The van der Waals surface area contributed by atoms with Gasteiger partial charge in [0, 0.05) is 10.9 Å². The number of halogens is 2. The van der Waals surface area contributed by atoms with Crippen molar-refractivity contribution < 1.29 is 14.6 Å². The number of aliphatic hydroxyl groups excluding tert-OH is 2. The molecule has 0 bridgehead atoms. The summed E-state index contributed by atoms with van der Waals surface area (Å²) in [5.41, 5.74) is 0.666. The van der Waals surface area contributed by atoms with E-state index < -0.39 is 12.2 Å². The van der Waals surface area contributed by atoms with Gasteiger partial charge in [0.2, 0.25) is 0 Å². The topological polar surface area (TPSA) is 40.5 Å². The molecule has 16 heavy (non-hydrogen) atoms. The van der Waals surface area contributed by atoms with Crippen LogP contribution in [-0.2, 0) is 6.42 Å². The highest BCUT2D eigenvalue weighted by Crippen LogP contribution is 2.18. The normalized spacial score (nSPS) is 15.2.